The molecule has 0 fully saturated rings. The van der Waals surface area contributed by atoms with E-state index < -0.39 is 0 Å². The maximum absolute atomic E-state index is 5.81. The average molecular weight is 252 g/mol. The van der Waals surface area contributed by atoms with E-state index >= 15 is 0 Å². The first kappa shape index (κ1) is 11.4. The van der Waals surface area contributed by atoms with Crippen molar-refractivity contribution in [3.05, 3.63) is 48.3 Å². The minimum absolute atomic E-state index is 0.189. The fourth-order valence-electron chi connectivity index (χ4n) is 1.81. The van der Waals surface area contributed by atoms with Crippen LogP contribution in [0, 0.1) is 6.92 Å². The third kappa shape index (κ3) is 2.18. The fourth-order valence-corrected chi connectivity index (χ4v) is 1.81. The molecular weight excluding hydrogens is 240 g/mol. The van der Waals surface area contributed by atoms with Crippen LogP contribution in [-0.2, 0) is 0 Å². The van der Waals surface area contributed by atoms with Crippen molar-refractivity contribution >= 4 is 16.9 Å². The summed E-state index contributed by atoms with van der Waals surface area (Å²) in [5.41, 5.74) is 7.19. The average Bonchev–Trinajstić information content (AvgIpc) is 2.43. The third-order valence-electron chi connectivity index (χ3n) is 2.75. The van der Waals surface area contributed by atoms with Crippen LogP contribution < -0.4 is 10.5 Å². The van der Waals surface area contributed by atoms with Gasteiger partial charge in [0.1, 0.15) is 5.52 Å². The van der Waals surface area contributed by atoms with Crippen molar-refractivity contribution in [2.45, 2.75) is 6.92 Å². The van der Waals surface area contributed by atoms with Gasteiger partial charge in [0.15, 0.2) is 5.75 Å². The molecule has 0 aliphatic carbocycles. The fraction of sp³-hybridized carbons (Fsp3) is 0.0714. The lowest BCUT2D eigenvalue weighted by atomic mass is 10.2. The zero-order valence-electron chi connectivity index (χ0n) is 10.4. The van der Waals surface area contributed by atoms with Gasteiger partial charge in [0, 0.05) is 23.3 Å². The number of nitrogens with zero attached hydrogens (tertiary/aromatic N) is 3. The number of ether oxygens (including phenoxy) is 1. The van der Waals surface area contributed by atoms with Gasteiger partial charge in [-0.2, -0.15) is 4.98 Å². The van der Waals surface area contributed by atoms with Crippen molar-refractivity contribution in [2.24, 2.45) is 0 Å². The van der Waals surface area contributed by atoms with Crippen molar-refractivity contribution in [1.29, 1.82) is 0 Å². The number of anilines is 1. The molecule has 1 aromatic carbocycles. The molecule has 0 aliphatic rings. The highest BCUT2D eigenvalue weighted by Crippen LogP contribution is 2.28. The molecule has 2 N–H and O–H groups in total. The summed E-state index contributed by atoms with van der Waals surface area (Å²) in [6.07, 6.45) is 3.37. The third-order valence-corrected chi connectivity index (χ3v) is 2.75. The second-order valence-corrected chi connectivity index (χ2v) is 4.15. The van der Waals surface area contributed by atoms with E-state index in [-0.39, 0.29) is 5.95 Å². The van der Waals surface area contributed by atoms with Crippen molar-refractivity contribution in [3.63, 3.8) is 0 Å². The van der Waals surface area contributed by atoms with Gasteiger partial charge in [-0.15, -0.1) is 0 Å². The summed E-state index contributed by atoms with van der Waals surface area (Å²) in [7, 11) is 0. The summed E-state index contributed by atoms with van der Waals surface area (Å²) in [6, 6.07) is 9.62. The highest BCUT2D eigenvalue weighted by Gasteiger charge is 2.08. The van der Waals surface area contributed by atoms with Crippen LogP contribution in [0.25, 0.3) is 10.9 Å². The van der Waals surface area contributed by atoms with Crippen LogP contribution in [0.5, 0.6) is 11.6 Å². The van der Waals surface area contributed by atoms with Crippen molar-refractivity contribution < 1.29 is 4.74 Å². The van der Waals surface area contributed by atoms with E-state index in [4.69, 9.17) is 10.5 Å². The molecule has 5 heteroatoms. The van der Waals surface area contributed by atoms with Gasteiger partial charge in [-0.1, -0.05) is 18.2 Å². The number of nitrogens with two attached hydrogens (primary N) is 1. The van der Waals surface area contributed by atoms with Gasteiger partial charge in [-0.05, 0) is 19.1 Å². The van der Waals surface area contributed by atoms with Crippen LogP contribution >= 0.6 is 0 Å². The number of hydrogen-bond acceptors (Lipinski definition) is 5. The molecule has 19 heavy (non-hydrogen) atoms. The minimum Gasteiger partial charge on any atom is -0.436 e. The molecule has 0 atom stereocenters. The topological polar surface area (TPSA) is 73.9 Å². The summed E-state index contributed by atoms with van der Waals surface area (Å²) >= 11 is 0. The first-order valence-electron chi connectivity index (χ1n) is 5.85. The summed E-state index contributed by atoms with van der Waals surface area (Å²) in [4.78, 5) is 12.3. The summed E-state index contributed by atoms with van der Waals surface area (Å²) < 4.78 is 5.81. The number of nitrogen functional groups attached to an aromatic ring is 1. The SMILES string of the molecule is Cc1cnc(N)nc1Oc1cccc2cccnc12. The molecule has 0 aliphatic heterocycles. The largest absolute Gasteiger partial charge is 0.436 e. The Morgan fingerprint density at radius 1 is 1.11 bits per heavy atom. The molecule has 3 rings (SSSR count). The predicted molar refractivity (Wildman–Crippen MR) is 73.0 cm³/mol. The Kier molecular flexibility index (Phi) is 2.72. The quantitative estimate of drug-likeness (QED) is 0.759. The van der Waals surface area contributed by atoms with E-state index in [0.717, 1.165) is 16.5 Å². The van der Waals surface area contributed by atoms with Crippen LogP contribution in [0.15, 0.2) is 42.7 Å². The first-order valence-corrected chi connectivity index (χ1v) is 5.85. The lowest BCUT2D eigenvalue weighted by molar-refractivity contribution is 0.462. The maximum Gasteiger partial charge on any atom is 0.227 e. The number of rotatable bonds is 2. The zero-order chi connectivity index (χ0) is 13.2. The second-order valence-electron chi connectivity index (χ2n) is 4.15. The number of aromatic nitrogens is 3. The molecule has 0 spiro atoms. The Bertz CT molecular complexity index is 737. The molecule has 0 saturated carbocycles. The molecule has 0 radical (unpaired) electrons. The molecule has 0 saturated heterocycles. The molecule has 0 amide bonds. The maximum atomic E-state index is 5.81. The molecule has 5 nitrogen and oxygen atoms in total. The molecule has 2 heterocycles. The summed E-state index contributed by atoms with van der Waals surface area (Å²) in [5.74, 6) is 1.29. The first-order chi connectivity index (χ1) is 9.24. The van der Waals surface area contributed by atoms with Gasteiger partial charge in [0.2, 0.25) is 11.8 Å². The minimum atomic E-state index is 0.189. The lowest BCUT2D eigenvalue weighted by Crippen LogP contribution is -1.99. The Balaban J connectivity index is 2.08. The standard InChI is InChI=1S/C14H12N4O/c1-9-8-17-14(15)18-13(9)19-11-6-2-4-10-5-3-7-16-12(10)11/h2-8H,1H3,(H2,15,17,18). The number of aryl methyl sites for hydroxylation is 1. The van der Waals surface area contributed by atoms with Crippen LogP contribution in [0.3, 0.4) is 0 Å². The molecule has 3 aromatic rings. The Labute approximate surface area is 110 Å². The van der Waals surface area contributed by atoms with Gasteiger partial charge >= 0.3 is 0 Å². The number of benzene rings is 1. The monoisotopic (exact) mass is 252 g/mol. The Morgan fingerprint density at radius 3 is 2.84 bits per heavy atom. The summed E-state index contributed by atoms with van der Waals surface area (Å²) in [6.45, 7) is 1.87. The predicted octanol–water partition coefficient (Wildman–Crippen LogP) is 2.71. The second kappa shape index (κ2) is 4.53. The van der Waals surface area contributed by atoms with E-state index in [1.54, 1.807) is 12.4 Å². The van der Waals surface area contributed by atoms with E-state index in [1.165, 1.54) is 0 Å². The smallest absolute Gasteiger partial charge is 0.227 e. The van der Waals surface area contributed by atoms with Gasteiger partial charge < -0.3 is 10.5 Å². The van der Waals surface area contributed by atoms with Crippen LogP contribution in [0.1, 0.15) is 5.56 Å². The van der Waals surface area contributed by atoms with Gasteiger partial charge in [0.25, 0.3) is 0 Å². The van der Waals surface area contributed by atoms with Crippen molar-refractivity contribution in [2.75, 3.05) is 5.73 Å². The van der Waals surface area contributed by atoms with E-state index in [2.05, 4.69) is 15.0 Å². The highest BCUT2D eigenvalue weighted by atomic mass is 16.5. The molecule has 0 bridgehead atoms. The number of hydrogen-bond donors (Lipinski definition) is 1. The number of fused-ring (bicyclic) bond motifs is 1. The van der Waals surface area contributed by atoms with Gasteiger partial charge in [-0.25, -0.2) is 4.98 Å². The normalized spacial score (nSPS) is 10.6. The zero-order valence-corrected chi connectivity index (χ0v) is 10.4. The summed E-state index contributed by atoms with van der Waals surface area (Å²) in [5, 5.41) is 1.01. The van der Waals surface area contributed by atoms with Crippen LogP contribution in [0.2, 0.25) is 0 Å². The molecular formula is C14H12N4O. The van der Waals surface area contributed by atoms with Crippen molar-refractivity contribution in [1.82, 2.24) is 15.0 Å². The Morgan fingerprint density at radius 2 is 1.95 bits per heavy atom. The molecule has 94 valence electrons. The van der Waals surface area contributed by atoms with Crippen LogP contribution in [0.4, 0.5) is 5.95 Å². The molecule has 0 unspecified atom stereocenters. The van der Waals surface area contributed by atoms with Crippen molar-refractivity contribution in [3.8, 4) is 11.6 Å². The Hall–Kier alpha value is -2.69. The van der Waals surface area contributed by atoms with Gasteiger partial charge in [0.05, 0.1) is 0 Å². The van der Waals surface area contributed by atoms with Gasteiger partial charge in [-0.3, -0.25) is 4.98 Å². The number of para-hydroxylation sites is 1. The number of pyridine rings is 1. The van der Waals surface area contributed by atoms with E-state index in [0.29, 0.717) is 11.6 Å². The molecule has 2 aromatic heterocycles. The lowest BCUT2D eigenvalue weighted by Gasteiger charge is -2.09. The van der Waals surface area contributed by atoms with E-state index in [1.807, 2.05) is 37.3 Å². The van der Waals surface area contributed by atoms with E-state index in [9.17, 15) is 0 Å². The van der Waals surface area contributed by atoms with Crippen LogP contribution in [-0.4, -0.2) is 15.0 Å². The highest BCUT2D eigenvalue weighted by molar-refractivity contribution is 5.84.